The first-order valence-electron chi connectivity index (χ1n) is 7.65. The van der Waals surface area contributed by atoms with Gasteiger partial charge in [-0.1, -0.05) is 23.7 Å². The lowest BCUT2D eigenvalue weighted by molar-refractivity contribution is -0.121. The number of hydrazone groups is 1. The number of hydrogen-bond acceptors (Lipinski definition) is 6. The van der Waals surface area contributed by atoms with Gasteiger partial charge in [0, 0.05) is 12.6 Å². The molecule has 0 atom stereocenters. The van der Waals surface area contributed by atoms with E-state index < -0.39 is 22.5 Å². The van der Waals surface area contributed by atoms with Gasteiger partial charge in [-0.3, -0.25) is 4.79 Å². The number of nitrogens with one attached hydrogen (secondary N) is 1. The first-order valence-corrected chi connectivity index (χ1v) is 9.47. The van der Waals surface area contributed by atoms with Crippen LogP contribution in [0, 0.1) is 0 Å². The topological polar surface area (TPSA) is 108 Å². The van der Waals surface area contributed by atoms with Crippen LogP contribution < -0.4 is 10.2 Å². The third kappa shape index (κ3) is 5.19. The van der Waals surface area contributed by atoms with Crippen LogP contribution in [0.5, 0.6) is 11.5 Å². The van der Waals surface area contributed by atoms with Crippen LogP contribution in [-0.4, -0.2) is 50.7 Å². The number of phenolic OH excluding ortho intramolecular Hbond substituents is 1. The minimum atomic E-state index is -3.92. The van der Waals surface area contributed by atoms with Crippen molar-refractivity contribution in [2.45, 2.75) is 4.90 Å². The Labute approximate surface area is 162 Å². The molecule has 27 heavy (non-hydrogen) atoms. The highest BCUT2D eigenvalue weighted by molar-refractivity contribution is 7.89. The molecule has 0 bridgehead atoms. The fraction of sp³-hybridized carbons (Fsp3) is 0.176. The first-order chi connectivity index (χ1) is 12.8. The summed E-state index contributed by atoms with van der Waals surface area (Å²) in [5, 5.41) is 13.4. The highest BCUT2D eigenvalue weighted by Crippen LogP contribution is 2.28. The Morgan fingerprint density at radius 1 is 1.33 bits per heavy atom. The zero-order valence-electron chi connectivity index (χ0n) is 14.6. The van der Waals surface area contributed by atoms with E-state index in [4.69, 9.17) is 16.3 Å². The molecule has 0 saturated carbocycles. The molecule has 0 saturated heterocycles. The SMILES string of the molecule is COc1ccc(S(=O)(=O)N(C)CC(=O)NN=Cc2ccccc2O)cc1Cl. The zero-order chi connectivity index (χ0) is 20.0. The molecule has 8 nitrogen and oxygen atoms in total. The van der Waals surface area contributed by atoms with Crippen LogP contribution in [0.4, 0.5) is 0 Å². The van der Waals surface area contributed by atoms with Gasteiger partial charge in [0.2, 0.25) is 10.0 Å². The molecule has 144 valence electrons. The van der Waals surface area contributed by atoms with Gasteiger partial charge in [0.05, 0.1) is 29.8 Å². The summed E-state index contributed by atoms with van der Waals surface area (Å²) in [5.74, 6) is -0.298. The lowest BCUT2D eigenvalue weighted by Gasteiger charge is -2.16. The minimum absolute atomic E-state index is 0.00609. The van der Waals surface area contributed by atoms with Gasteiger partial charge in [-0.15, -0.1) is 0 Å². The summed E-state index contributed by atoms with van der Waals surface area (Å²) < 4.78 is 30.9. The molecule has 2 aromatic carbocycles. The molecule has 10 heteroatoms. The molecule has 0 unspecified atom stereocenters. The van der Waals surface area contributed by atoms with Crippen molar-refractivity contribution in [3.8, 4) is 11.5 Å². The quantitative estimate of drug-likeness (QED) is 0.533. The Balaban J connectivity index is 2.02. The van der Waals surface area contributed by atoms with E-state index in [-0.39, 0.29) is 15.7 Å². The van der Waals surface area contributed by atoms with Gasteiger partial charge in [0.15, 0.2) is 0 Å². The van der Waals surface area contributed by atoms with Crippen LogP contribution in [0.2, 0.25) is 5.02 Å². The largest absolute Gasteiger partial charge is 0.507 e. The van der Waals surface area contributed by atoms with Gasteiger partial charge in [0.1, 0.15) is 11.5 Å². The van der Waals surface area contributed by atoms with Crippen molar-refractivity contribution in [1.29, 1.82) is 0 Å². The lowest BCUT2D eigenvalue weighted by Crippen LogP contribution is -2.36. The van der Waals surface area contributed by atoms with Crippen LogP contribution in [-0.2, 0) is 14.8 Å². The third-order valence-corrected chi connectivity index (χ3v) is 5.62. The predicted molar refractivity (Wildman–Crippen MR) is 102 cm³/mol. The number of benzene rings is 2. The summed E-state index contributed by atoms with van der Waals surface area (Å²) in [7, 11) is -1.24. The predicted octanol–water partition coefficient (Wildman–Crippen LogP) is 1.82. The smallest absolute Gasteiger partial charge is 0.255 e. The molecule has 0 aliphatic heterocycles. The lowest BCUT2D eigenvalue weighted by atomic mass is 10.2. The fourth-order valence-corrected chi connectivity index (χ4v) is 3.56. The average molecular weight is 412 g/mol. The number of carbonyl (C=O) groups excluding carboxylic acids is 1. The van der Waals surface area contributed by atoms with E-state index in [0.29, 0.717) is 11.3 Å². The van der Waals surface area contributed by atoms with Crippen LogP contribution in [0.25, 0.3) is 0 Å². The number of amides is 1. The van der Waals surface area contributed by atoms with E-state index in [2.05, 4.69) is 10.5 Å². The van der Waals surface area contributed by atoms with Gasteiger partial charge in [-0.2, -0.15) is 9.41 Å². The maximum atomic E-state index is 12.5. The summed E-state index contributed by atoms with van der Waals surface area (Å²) in [6, 6.07) is 10.4. The zero-order valence-corrected chi connectivity index (χ0v) is 16.2. The van der Waals surface area contributed by atoms with E-state index in [1.54, 1.807) is 18.2 Å². The van der Waals surface area contributed by atoms with Crippen molar-refractivity contribution in [2.75, 3.05) is 20.7 Å². The Kier molecular flexibility index (Phi) is 6.78. The molecule has 2 aromatic rings. The summed E-state index contributed by atoms with van der Waals surface area (Å²) in [6.45, 7) is -0.454. The Bertz CT molecular complexity index is 963. The molecule has 0 radical (unpaired) electrons. The number of phenols is 1. The first kappa shape index (κ1) is 20.7. The van der Waals surface area contributed by atoms with E-state index >= 15 is 0 Å². The number of para-hydroxylation sites is 1. The molecule has 0 fully saturated rings. The van der Waals surface area contributed by atoms with Gasteiger partial charge in [-0.25, -0.2) is 13.8 Å². The van der Waals surface area contributed by atoms with Crippen LogP contribution >= 0.6 is 11.6 Å². The third-order valence-electron chi connectivity index (χ3n) is 3.53. The number of methoxy groups -OCH3 is 1. The van der Waals surface area contributed by atoms with Gasteiger partial charge >= 0.3 is 0 Å². The fourth-order valence-electron chi connectivity index (χ4n) is 2.08. The summed E-state index contributed by atoms with van der Waals surface area (Å²) >= 11 is 5.96. The van der Waals surface area contributed by atoms with Crippen LogP contribution in [0.15, 0.2) is 52.5 Å². The highest BCUT2D eigenvalue weighted by atomic mass is 35.5. The monoisotopic (exact) mass is 411 g/mol. The summed E-state index contributed by atoms with van der Waals surface area (Å²) in [6.07, 6.45) is 1.25. The Morgan fingerprint density at radius 3 is 2.67 bits per heavy atom. The molecule has 0 aliphatic carbocycles. The molecular formula is C17H18ClN3O5S. The second-order valence-corrected chi connectivity index (χ2v) is 7.86. The summed E-state index contributed by atoms with van der Waals surface area (Å²) in [5.41, 5.74) is 2.62. The molecule has 2 rings (SSSR count). The van der Waals surface area contributed by atoms with Gasteiger partial charge < -0.3 is 9.84 Å². The minimum Gasteiger partial charge on any atom is -0.507 e. The molecule has 0 spiro atoms. The number of hydrogen-bond donors (Lipinski definition) is 2. The maximum absolute atomic E-state index is 12.5. The van der Waals surface area contributed by atoms with Crippen molar-refractivity contribution in [1.82, 2.24) is 9.73 Å². The van der Waals surface area contributed by atoms with Gasteiger partial charge in [-0.05, 0) is 30.3 Å². The van der Waals surface area contributed by atoms with Crippen LogP contribution in [0.3, 0.4) is 0 Å². The number of sulfonamides is 1. The molecule has 0 aliphatic rings. The number of halogens is 1. The second-order valence-electron chi connectivity index (χ2n) is 5.41. The number of nitrogens with zero attached hydrogens (tertiary/aromatic N) is 2. The van der Waals surface area contributed by atoms with Crippen LogP contribution in [0.1, 0.15) is 5.56 Å². The molecule has 0 heterocycles. The number of rotatable bonds is 7. The average Bonchev–Trinajstić information content (AvgIpc) is 2.63. The number of carbonyl (C=O) groups is 1. The number of aromatic hydroxyl groups is 1. The van der Waals surface area contributed by atoms with E-state index in [1.165, 1.54) is 44.6 Å². The molecule has 2 N–H and O–H groups in total. The van der Waals surface area contributed by atoms with E-state index in [0.717, 1.165) is 4.31 Å². The standard InChI is InChI=1S/C17H18ClN3O5S/c1-21(27(24,25)13-7-8-16(26-2)14(18)9-13)11-17(23)20-19-10-12-5-3-4-6-15(12)22/h3-10,22H,11H2,1-2H3,(H,20,23). The molecule has 0 aromatic heterocycles. The number of likely N-dealkylation sites (N-methyl/N-ethyl adjacent to an activating group) is 1. The Hall–Kier alpha value is -2.62. The van der Waals surface area contributed by atoms with Crippen molar-refractivity contribution in [2.24, 2.45) is 5.10 Å². The van der Waals surface area contributed by atoms with Crippen molar-refractivity contribution in [3.63, 3.8) is 0 Å². The Morgan fingerprint density at radius 2 is 2.04 bits per heavy atom. The summed E-state index contributed by atoms with van der Waals surface area (Å²) in [4.78, 5) is 11.9. The van der Waals surface area contributed by atoms with Crippen molar-refractivity contribution < 1.29 is 23.1 Å². The normalized spacial score (nSPS) is 11.7. The van der Waals surface area contributed by atoms with Gasteiger partial charge in [0.25, 0.3) is 5.91 Å². The highest BCUT2D eigenvalue weighted by Gasteiger charge is 2.23. The van der Waals surface area contributed by atoms with Crippen molar-refractivity contribution in [3.05, 3.63) is 53.1 Å². The second kappa shape index (κ2) is 8.85. The molecule has 1 amide bonds. The van der Waals surface area contributed by atoms with E-state index in [1.807, 2.05) is 0 Å². The van der Waals surface area contributed by atoms with E-state index in [9.17, 15) is 18.3 Å². The molecular weight excluding hydrogens is 394 g/mol. The maximum Gasteiger partial charge on any atom is 0.255 e. The van der Waals surface area contributed by atoms with Crippen molar-refractivity contribution >= 4 is 33.7 Å². The number of ether oxygens (including phenoxy) is 1.